The van der Waals surface area contributed by atoms with E-state index in [1.165, 1.54) is 0 Å². The van der Waals surface area contributed by atoms with Crippen LogP contribution in [0, 0.1) is 0 Å². The summed E-state index contributed by atoms with van der Waals surface area (Å²) in [5.74, 6) is 0. The summed E-state index contributed by atoms with van der Waals surface area (Å²) in [6, 6.07) is 0. The minimum Gasteiger partial charge on any atom is -0.382 e. The maximum atomic E-state index is 5.71. The molecule has 0 aliphatic carbocycles. The van der Waals surface area contributed by atoms with Gasteiger partial charge < -0.3 is 28.4 Å². The summed E-state index contributed by atoms with van der Waals surface area (Å²) in [4.78, 5) is 0. The van der Waals surface area contributed by atoms with Crippen molar-refractivity contribution in [2.45, 2.75) is 12.2 Å². The number of rotatable bonds is 8. The molecule has 0 N–H and O–H groups in total. The first-order valence-corrected chi connectivity index (χ1v) is 6.25. The van der Waals surface area contributed by atoms with Crippen molar-refractivity contribution in [2.75, 3.05) is 67.1 Å². The van der Waals surface area contributed by atoms with Gasteiger partial charge in [-0.2, -0.15) is 0 Å². The third-order valence-electron chi connectivity index (χ3n) is 2.59. The Bertz CT molecular complexity index is 169. The predicted molar refractivity (Wildman–Crippen MR) is 64.9 cm³/mol. The van der Waals surface area contributed by atoms with Crippen LogP contribution in [-0.4, -0.2) is 79.3 Å². The van der Waals surface area contributed by atoms with Gasteiger partial charge >= 0.3 is 0 Å². The van der Waals surface area contributed by atoms with Gasteiger partial charge in [0, 0.05) is 14.2 Å². The molecule has 2 atom stereocenters. The SMILES string of the molecule is COCCO[C@@H]1COCCOC[C@H]1OCCOC. The van der Waals surface area contributed by atoms with Crippen LogP contribution < -0.4 is 0 Å². The average Bonchev–Trinajstić information content (AvgIpc) is 2.35. The summed E-state index contributed by atoms with van der Waals surface area (Å²) in [5, 5.41) is 0. The Kier molecular flexibility index (Phi) is 9.37. The molecule has 108 valence electrons. The van der Waals surface area contributed by atoms with Crippen molar-refractivity contribution in [3.8, 4) is 0 Å². The van der Waals surface area contributed by atoms with E-state index in [1.54, 1.807) is 14.2 Å². The van der Waals surface area contributed by atoms with E-state index in [1.807, 2.05) is 0 Å². The van der Waals surface area contributed by atoms with Crippen molar-refractivity contribution in [1.29, 1.82) is 0 Å². The van der Waals surface area contributed by atoms with Gasteiger partial charge in [-0.1, -0.05) is 0 Å². The Morgan fingerprint density at radius 2 is 1.22 bits per heavy atom. The van der Waals surface area contributed by atoms with Crippen LogP contribution in [0.4, 0.5) is 0 Å². The zero-order valence-electron chi connectivity index (χ0n) is 11.3. The summed E-state index contributed by atoms with van der Waals surface area (Å²) in [5.41, 5.74) is 0. The van der Waals surface area contributed by atoms with Crippen LogP contribution in [-0.2, 0) is 28.4 Å². The molecule has 1 aliphatic rings. The molecule has 0 aromatic carbocycles. The van der Waals surface area contributed by atoms with Gasteiger partial charge in [0.25, 0.3) is 0 Å². The van der Waals surface area contributed by atoms with Crippen LogP contribution in [0.2, 0.25) is 0 Å². The van der Waals surface area contributed by atoms with Crippen molar-refractivity contribution in [3.05, 3.63) is 0 Å². The fraction of sp³-hybridized carbons (Fsp3) is 1.00. The molecule has 0 amide bonds. The van der Waals surface area contributed by atoms with Crippen LogP contribution in [0.3, 0.4) is 0 Å². The normalized spacial score (nSPS) is 25.7. The molecule has 1 saturated heterocycles. The van der Waals surface area contributed by atoms with Gasteiger partial charge in [-0.25, -0.2) is 0 Å². The Morgan fingerprint density at radius 1 is 0.778 bits per heavy atom. The highest BCUT2D eigenvalue weighted by Gasteiger charge is 2.25. The van der Waals surface area contributed by atoms with Crippen LogP contribution in [0.15, 0.2) is 0 Å². The minimum absolute atomic E-state index is 0.127. The molecule has 1 aliphatic heterocycles. The lowest BCUT2D eigenvalue weighted by atomic mass is 10.2. The second-order valence-corrected chi connectivity index (χ2v) is 3.95. The number of hydrogen-bond acceptors (Lipinski definition) is 6. The van der Waals surface area contributed by atoms with E-state index in [0.717, 1.165) is 0 Å². The van der Waals surface area contributed by atoms with E-state index in [9.17, 15) is 0 Å². The minimum atomic E-state index is -0.127. The Hall–Kier alpha value is -0.240. The molecule has 18 heavy (non-hydrogen) atoms. The molecular formula is C12H24O6. The first kappa shape index (κ1) is 15.8. The highest BCUT2D eigenvalue weighted by Crippen LogP contribution is 2.09. The molecule has 0 unspecified atom stereocenters. The van der Waals surface area contributed by atoms with Crippen molar-refractivity contribution in [1.82, 2.24) is 0 Å². The third kappa shape index (κ3) is 6.63. The zero-order chi connectivity index (χ0) is 13.1. The largest absolute Gasteiger partial charge is 0.382 e. The molecule has 0 saturated carbocycles. The van der Waals surface area contributed by atoms with Crippen LogP contribution in [0.25, 0.3) is 0 Å². The highest BCUT2D eigenvalue weighted by atomic mass is 16.6. The number of ether oxygens (including phenoxy) is 6. The van der Waals surface area contributed by atoms with E-state index in [0.29, 0.717) is 52.9 Å². The fourth-order valence-electron chi connectivity index (χ4n) is 1.61. The molecule has 6 heteroatoms. The summed E-state index contributed by atoms with van der Waals surface area (Å²) in [6.45, 7) is 4.38. The molecule has 1 fully saturated rings. The van der Waals surface area contributed by atoms with Gasteiger partial charge in [-0.3, -0.25) is 0 Å². The van der Waals surface area contributed by atoms with Crippen molar-refractivity contribution < 1.29 is 28.4 Å². The van der Waals surface area contributed by atoms with Gasteiger partial charge in [0.1, 0.15) is 12.2 Å². The molecule has 0 radical (unpaired) electrons. The molecule has 0 bridgehead atoms. The van der Waals surface area contributed by atoms with Crippen LogP contribution in [0.5, 0.6) is 0 Å². The average molecular weight is 264 g/mol. The number of hydrogen-bond donors (Lipinski definition) is 0. The van der Waals surface area contributed by atoms with E-state index < -0.39 is 0 Å². The first-order chi connectivity index (χ1) is 8.88. The smallest absolute Gasteiger partial charge is 0.109 e. The summed E-state index contributed by atoms with van der Waals surface area (Å²) >= 11 is 0. The van der Waals surface area contributed by atoms with Gasteiger partial charge in [0.2, 0.25) is 0 Å². The Morgan fingerprint density at radius 3 is 1.61 bits per heavy atom. The lowest BCUT2D eigenvalue weighted by Gasteiger charge is -2.29. The van der Waals surface area contributed by atoms with Gasteiger partial charge in [-0.05, 0) is 0 Å². The van der Waals surface area contributed by atoms with Gasteiger partial charge in [-0.15, -0.1) is 0 Å². The maximum absolute atomic E-state index is 5.71. The van der Waals surface area contributed by atoms with Crippen molar-refractivity contribution in [3.63, 3.8) is 0 Å². The fourth-order valence-corrected chi connectivity index (χ4v) is 1.61. The van der Waals surface area contributed by atoms with E-state index in [4.69, 9.17) is 28.4 Å². The third-order valence-corrected chi connectivity index (χ3v) is 2.59. The van der Waals surface area contributed by atoms with E-state index in [2.05, 4.69) is 0 Å². The number of methoxy groups -OCH3 is 2. The van der Waals surface area contributed by atoms with Gasteiger partial charge in [0.15, 0.2) is 0 Å². The van der Waals surface area contributed by atoms with Crippen molar-refractivity contribution in [2.24, 2.45) is 0 Å². The molecule has 0 aromatic rings. The second-order valence-electron chi connectivity index (χ2n) is 3.95. The monoisotopic (exact) mass is 264 g/mol. The van der Waals surface area contributed by atoms with Crippen LogP contribution >= 0.6 is 0 Å². The summed E-state index contributed by atoms with van der Waals surface area (Å²) in [7, 11) is 3.29. The first-order valence-electron chi connectivity index (χ1n) is 6.25. The molecule has 0 aromatic heterocycles. The molecule has 0 spiro atoms. The Labute approximate surface area is 108 Å². The molecular weight excluding hydrogens is 240 g/mol. The molecule has 6 nitrogen and oxygen atoms in total. The lowest BCUT2D eigenvalue weighted by Crippen LogP contribution is -2.42. The molecule has 1 heterocycles. The maximum Gasteiger partial charge on any atom is 0.109 e. The van der Waals surface area contributed by atoms with E-state index >= 15 is 0 Å². The lowest BCUT2D eigenvalue weighted by molar-refractivity contribution is -0.155. The topological polar surface area (TPSA) is 55.4 Å². The predicted octanol–water partition coefficient (Wildman–Crippen LogP) is 0.0964. The van der Waals surface area contributed by atoms with Crippen molar-refractivity contribution >= 4 is 0 Å². The standard InChI is InChI=1S/C12H24O6/c1-13-3-7-17-11-9-15-5-6-16-10-12(11)18-8-4-14-2/h11-12H,3-10H2,1-2H3/t11-,12-/m1/s1. The molecule has 1 rings (SSSR count). The van der Waals surface area contributed by atoms with E-state index in [-0.39, 0.29) is 12.2 Å². The van der Waals surface area contributed by atoms with Gasteiger partial charge in [0.05, 0.1) is 52.9 Å². The van der Waals surface area contributed by atoms with Crippen LogP contribution in [0.1, 0.15) is 0 Å². The quantitative estimate of drug-likeness (QED) is 0.579. The Balaban J connectivity index is 2.35. The zero-order valence-corrected chi connectivity index (χ0v) is 11.3. The summed E-state index contributed by atoms with van der Waals surface area (Å²) in [6.07, 6.45) is -0.255. The summed E-state index contributed by atoms with van der Waals surface area (Å²) < 4.78 is 32.2. The second kappa shape index (κ2) is 10.7. The highest BCUT2D eigenvalue weighted by molar-refractivity contribution is 4.72.